The molecule has 2 aromatic rings. The second-order valence-electron chi connectivity index (χ2n) is 6.80. The molecule has 6 nitrogen and oxygen atoms in total. The summed E-state index contributed by atoms with van der Waals surface area (Å²) in [7, 11) is -0.546. The van der Waals surface area contributed by atoms with Crippen molar-refractivity contribution in [3.8, 4) is 5.75 Å². The Morgan fingerprint density at radius 1 is 1.11 bits per heavy atom. The summed E-state index contributed by atoms with van der Waals surface area (Å²) in [4.78, 5) is 12.4. The maximum atomic E-state index is 12.7. The first kappa shape index (κ1) is 21.9. The highest BCUT2D eigenvalue weighted by molar-refractivity contribution is 7.89. The van der Waals surface area contributed by atoms with Crippen molar-refractivity contribution in [2.45, 2.75) is 44.2 Å². The fraction of sp³-hybridized carbons (Fsp3) is 0.381. The topological polar surface area (TPSA) is 75.7 Å². The van der Waals surface area contributed by atoms with Crippen LogP contribution in [0.4, 0.5) is 0 Å². The number of nitrogens with zero attached hydrogens (tertiary/aromatic N) is 1. The van der Waals surface area contributed by atoms with E-state index in [2.05, 4.69) is 12.2 Å². The summed E-state index contributed by atoms with van der Waals surface area (Å²) < 4.78 is 31.8. The fourth-order valence-corrected chi connectivity index (χ4v) is 4.00. The Kier molecular flexibility index (Phi) is 7.60. The van der Waals surface area contributed by atoms with E-state index in [0.29, 0.717) is 11.3 Å². The number of ether oxygens (including phenoxy) is 1. The molecule has 1 amide bonds. The molecular formula is C21H28N2O4S. The lowest BCUT2D eigenvalue weighted by Crippen LogP contribution is -2.32. The van der Waals surface area contributed by atoms with Gasteiger partial charge in [0.2, 0.25) is 10.0 Å². The summed E-state index contributed by atoms with van der Waals surface area (Å²) in [6.45, 7) is 4.27. The Hall–Kier alpha value is -2.38. The third kappa shape index (κ3) is 5.56. The van der Waals surface area contributed by atoms with Gasteiger partial charge in [-0.05, 0) is 55.3 Å². The van der Waals surface area contributed by atoms with E-state index in [-0.39, 0.29) is 23.4 Å². The van der Waals surface area contributed by atoms with Crippen LogP contribution in [0.2, 0.25) is 0 Å². The molecule has 0 spiro atoms. The van der Waals surface area contributed by atoms with Crippen molar-refractivity contribution in [2.75, 3.05) is 14.2 Å². The minimum atomic E-state index is -3.61. The van der Waals surface area contributed by atoms with Crippen LogP contribution in [0.1, 0.15) is 42.6 Å². The number of benzene rings is 2. The van der Waals surface area contributed by atoms with E-state index in [9.17, 15) is 13.2 Å². The van der Waals surface area contributed by atoms with Crippen molar-refractivity contribution in [1.29, 1.82) is 0 Å². The fourth-order valence-electron chi connectivity index (χ4n) is 2.84. The van der Waals surface area contributed by atoms with Crippen LogP contribution < -0.4 is 10.1 Å². The number of hydrogen-bond acceptors (Lipinski definition) is 4. The van der Waals surface area contributed by atoms with Crippen LogP contribution in [-0.2, 0) is 16.6 Å². The summed E-state index contributed by atoms with van der Waals surface area (Å²) in [5.74, 6) is 0.482. The van der Waals surface area contributed by atoms with Crippen molar-refractivity contribution in [3.05, 3.63) is 59.7 Å². The Morgan fingerprint density at radius 3 is 2.25 bits per heavy atom. The normalized spacial score (nSPS) is 12.6. The van der Waals surface area contributed by atoms with Crippen LogP contribution in [0.3, 0.4) is 0 Å². The molecule has 0 saturated heterocycles. The lowest BCUT2D eigenvalue weighted by atomic mass is 10.1. The average Bonchev–Trinajstić information content (AvgIpc) is 2.68. The number of carbonyl (C=O) groups is 1. The Morgan fingerprint density at radius 2 is 1.71 bits per heavy atom. The second kappa shape index (κ2) is 9.71. The highest BCUT2D eigenvalue weighted by Crippen LogP contribution is 2.20. The van der Waals surface area contributed by atoms with E-state index in [0.717, 1.165) is 18.4 Å². The number of sulfonamides is 1. The molecule has 7 heteroatoms. The lowest BCUT2D eigenvalue weighted by molar-refractivity contribution is 0.0938. The lowest BCUT2D eigenvalue weighted by Gasteiger charge is -2.18. The highest BCUT2D eigenvalue weighted by atomic mass is 32.2. The molecule has 0 radical (unpaired) electrons. The first-order valence-corrected chi connectivity index (χ1v) is 10.7. The predicted molar refractivity (Wildman–Crippen MR) is 110 cm³/mol. The molecule has 0 aliphatic rings. The molecule has 0 aliphatic carbocycles. The van der Waals surface area contributed by atoms with Gasteiger partial charge in [0.25, 0.3) is 5.91 Å². The van der Waals surface area contributed by atoms with E-state index < -0.39 is 10.0 Å². The minimum absolute atomic E-state index is 0.119. The molecule has 0 heterocycles. The number of carbonyl (C=O) groups excluding carboxylic acids is 1. The van der Waals surface area contributed by atoms with Crippen LogP contribution in [0, 0.1) is 0 Å². The molecule has 0 saturated carbocycles. The van der Waals surface area contributed by atoms with E-state index in [1.165, 1.54) is 30.6 Å². The van der Waals surface area contributed by atoms with Gasteiger partial charge in [-0.1, -0.05) is 25.5 Å². The standard InChI is InChI=1S/C21H28N2O4S/c1-5-6-16(2)22-21(24)18-9-7-17(8-10-18)15-23(3)28(25,26)20-13-11-19(27-4)12-14-20/h7-14,16H,5-6,15H2,1-4H3,(H,22,24). The molecule has 1 atom stereocenters. The van der Waals surface area contributed by atoms with Crippen LogP contribution in [0.25, 0.3) is 0 Å². The molecule has 0 bridgehead atoms. The van der Waals surface area contributed by atoms with Crippen molar-refractivity contribution in [3.63, 3.8) is 0 Å². The SMILES string of the molecule is CCCC(C)NC(=O)c1ccc(CN(C)S(=O)(=O)c2ccc(OC)cc2)cc1. The summed E-state index contributed by atoms with van der Waals surface area (Å²) in [6.07, 6.45) is 1.94. The number of rotatable bonds is 9. The highest BCUT2D eigenvalue weighted by Gasteiger charge is 2.21. The monoisotopic (exact) mass is 404 g/mol. The molecule has 1 N–H and O–H groups in total. The van der Waals surface area contributed by atoms with Crippen molar-refractivity contribution in [1.82, 2.24) is 9.62 Å². The number of amides is 1. The number of methoxy groups -OCH3 is 1. The third-order valence-corrected chi connectivity index (χ3v) is 6.31. The van der Waals surface area contributed by atoms with Crippen molar-refractivity contribution >= 4 is 15.9 Å². The predicted octanol–water partition coefficient (Wildman–Crippen LogP) is 3.43. The molecule has 1 unspecified atom stereocenters. The summed E-state index contributed by atoms with van der Waals surface area (Å²) in [6, 6.07) is 13.4. The number of nitrogens with one attached hydrogen (secondary N) is 1. The van der Waals surface area contributed by atoms with Gasteiger partial charge in [0.15, 0.2) is 0 Å². The molecule has 0 aromatic heterocycles. The zero-order chi connectivity index (χ0) is 20.7. The van der Waals surface area contributed by atoms with Crippen LogP contribution >= 0.6 is 0 Å². The van der Waals surface area contributed by atoms with Gasteiger partial charge in [-0.25, -0.2) is 8.42 Å². The van der Waals surface area contributed by atoms with Gasteiger partial charge in [0, 0.05) is 25.2 Å². The first-order chi connectivity index (χ1) is 13.3. The zero-order valence-electron chi connectivity index (χ0n) is 16.8. The van der Waals surface area contributed by atoms with Crippen LogP contribution in [0.15, 0.2) is 53.4 Å². The van der Waals surface area contributed by atoms with Gasteiger partial charge in [-0.3, -0.25) is 4.79 Å². The Balaban J connectivity index is 2.05. The summed E-state index contributed by atoms with van der Waals surface area (Å²) in [5.41, 5.74) is 1.37. The molecule has 0 fully saturated rings. The molecule has 152 valence electrons. The quantitative estimate of drug-likeness (QED) is 0.695. The second-order valence-corrected chi connectivity index (χ2v) is 8.84. The van der Waals surface area contributed by atoms with E-state index in [1.54, 1.807) is 36.4 Å². The number of hydrogen-bond donors (Lipinski definition) is 1. The van der Waals surface area contributed by atoms with Crippen LogP contribution in [-0.4, -0.2) is 38.8 Å². The smallest absolute Gasteiger partial charge is 0.251 e. The van der Waals surface area contributed by atoms with Gasteiger partial charge in [0.1, 0.15) is 5.75 Å². The molecule has 2 rings (SSSR count). The Labute approximate surface area is 167 Å². The minimum Gasteiger partial charge on any atom is -0.497 e. The van der Waals surface area contributed by atoms with Gasteiger partial charge in [0.05, 0.1) is 12.0 Å². The van der Waals surface area contributed by atoms with E-state index >= 15 is 0 Å². The first-order valence-electron chi connectivity index (χ1n) is 9.28. The molecule has 0 aliphatic heterocycles. The van der Waals surface area contributed by atoms with Gasteiger partial charge in [-0.2, -0.15) is 4.31 Å². The summed E-state index contributed by atoms with van der Waals surface area (Å²) >= 11 is 0. The molecular weight excluding hydrogens is 376 g/mol. The van der Waals surface area contributed by atoms with Crippen molar-refractivity contribution < 1.29 is 17.9 Å². The zero-order valence-corrected chi connectivity index (χ0v) is 17.6. The van der Waals surface area contributed by atoms with Gasteiger partial charge in [-0.15, -0.1) is 0 Å². The largest absolute Gasteiger partial charge is 0.497 e. The van der Waals surface area contributed by atoms with E-state index in [4.69, 9.17) is 4.74 Å². The molecule has 2 aromatic carbocycles. The average molecular weight is 405 g/mol. The van der Waals surface area contributed by atoms with Gasteiger partial charge >= 0.3 is 0 Å². The Bertz CT molecular complexity index is 878. The van der Waals surface area contributed by atoms with Gasteiger partial charge < -0.3 is 10.1 Å². The maximum absolute atomic E-state index is 12.7. The van der Waals surface area contributed by atoms with Crippen LogP contribution in [0.5, 0.6) is 5.75 Å². The maximum Gasteiger partial charge on any atom is 0.251 e. The third-order valence-electron chi connectivity index (χ3n) is 4.49. The van der Waals surface area contributed by atoms with Crippen molar-refractivity contribution in [2.24, 2.45) is 0 Å². The van der Waals surface area contributed by atoms with E-state index in [1.807, 2.05) is 6.92 Å². The molecule has 28 heavy (non-hydrogen) atoms. The summed E-state index contributed by atoms with van der Waals surface area (Å²) in [5, 5.41) is 2.96.